The highest BCUT2D eigenvalue weighted by molar-refractivity contribution is 9.10. The molecule has 1 fully saturated rings. The molecule has 1 aromatic heterocycles. The molecule has 10 heteroatoms. The van der Waals surface area contributed by atoms with E-state index in [1.807, 2.05) is 45.9 Å². The van der Waals surface area contributed by atoms with E-state index in [2.05, 4.69) is 15.9 Å². The molecule has 7 nitrogen and oxygen atoms in total. The molecule has 0 spiro atoms. The van der Waals surface area contributed by atoms with Crippen LogP contribution < -0.4 is 4.90 Å². The number of rotatable bonds is 10. The number of benzene rings is 2. The summed E-state index contributed by atoms with van der Waals surface area (Å²) in [7, 11) is -3.67. The fraction of sp³-hybridized carbons (Fsp3) is 0.481. The molecule has 0 aliphatic carbocycles. The molecule has 37 heavy (non-hydrogen) atoms. The van der Waals surface area contributed by atoms with Gasteiger partial charge < -0.3 is 4.74 Å². The minimum absolute atomic E-state index is 0.0528. The Bertz CT molecular complexity index is 1320. The zero-order valence-corrected chi connectivity index (χ0v) is 24.9. The van der Waals surface area contributed by atoms with Crippen molar-refractivity contribution in [1.29, 1.82) is 0 Å². The fourth-order valence-corrected chi connectivity index (χ4v) is 7.69. The molecule has 3 aromatic rings. The molecule has 1 aliphatic rings. The number of halogens is 1. The summed E-state index contributed by atoms with van der Waals surface area (Å²) in [6, 6.07) is 12.1. The first kappa shape index (κ1) is 28.2. The number of amides is 1. The number of nitrogens with zero attached hydrogens (tertiary/aromatic N) is 3. The molecule has 0 radical (unpaired) electrons. The molecule has 1 unspecified atom stereocenters. The first-order chi connectivity index (χ1) is 17.5. The predicted octanol–water partition coefficient (Wildman–Crippen LogP) is 6.19. The van der Waals surface area contributed by atoms with Crippen LogP contribution in [0, 0.1) is 11.8 Å². The van der Waals surface area contributed by atoms with Crippen molar-refractivity contribution in [1.82, 2.24) is 9.29 Å². The smallest absolute Gasteiger partial charge is 0.260 e. The second-order valence-corrected chi connectivity index (χ2v) is 14.2. The Morgan fingerprint density at radius 3 is 2.38 bits per heavy atom. The van der Waals surface area contributed by atoms with Gasteiger partial charge in [-0.25, -0.2) is 13.4 Å². The van der Waals surface area contributed by atoms with Crippen LogP contribution in [0.3, 0.4) is 0 Å². The van der Waals surface area contributed by atoms with Crippen LogP contribution in [0.5, 0.6) is 0 Å². The van der Waals surface area contributed by atoms with Gasteiger partial charge in [-0.1, -0.05) is 55.0 Å². The van der Waals surface area contributed by atoms with Crippen LogP contribution in [0.4, 0.5) is 5.13 Å². The first-order valence-corrected chi connectivity index (χ1v) is 15.7. The number of carbonyl (C=O) groups is 1. The SMILES string of the molecule is CC(C)CN(CC(C)C)S(=O)(=O)c1ccc(C(=O)N(CC2CCCO2)c2nc3ccc(Br)cc3s2)cc1. The van der Waals surface area contributed by atoms with E-state index in [0.29, 0.717) is 36.9 Å². The van der Waals surface area contributed by atoms with Gasteiger partial charge in [0.1, 0.15) is 0 Å². The lowest BCUT2D eigenvalue weighted by Crippen LogP contribution is -2.38. The summed E-state index contributed by atoms with van der Waals surface area (Å²) >= 11 is 4.95. The summed E-state index contributed by atoms with van der Waals surface area (Å²) in [5.74, 6) is 0.184. The van der Waals surface area contributed by atoms with Gasteiger partial charge in [0.15, 0.2) is 5.13 Å². The number of hydrogen-bond acceptors (Lipinski definition) is 6. The monoisotopic (exact) mass is 607 g/mol. The Morgan fingerprint density at radius 1 is 1.11 bits per heavy atom. The lowest BCUT2D eigenvalue weighted by molar-refractivity contribution is 0.0917. The van der Waals surface area contributed by atoms with Gasteiger partial charge in [0.05, 0.1) is 27.8 Å². The third kappa shape index (κ3) is 6.78. The molecule has 1 saturated heterocycles. The maximum absolute atomic E-state index is 13.7. The average molecular weight is 609 g/mol. The van der Waals surface area contributed by atoms with Gasteiger partial charge in [-0.15, -0.1) is 0 Å². The number of hydrogen-bond donors (Lipinski definition) is 0. The highest BCUT2D eigenvalue weighted by atomic mass is 79.9. The highest BCUT2D eigenvalue weighted by Gasteiger charge is 2.29. The molecule has 1 aliphatic heterocycles. The van der Waals surface area contributed by atoms with E-state index < -0.39 is 10.0 Å². The normalized spacial score (nSPS) is 16.4. The topological polar surface area (TPSA) is 79.8 Å². The number of aromatic nitrogens is 1. The molecule has 200 valence electrons. The van der Waals surface area contributed by atoms with E-state index in [-0.39, 0.29) is 28.7 Å². The quantitative estimate of drug-likeness (QED) is 0.275. The number of thiazole rings is 1. The second kappa shape index (κ2) is 11.9. The second-order valence-electron chi connectivity index (χ2n) is 10.3. The molecule has 0 saturated carbocycles. The number of anilines is 1. The molecule has 1 atom stereocenters. The van der Waals surface area contributed by atoms with Gasteiger partial charge in [-0.05, 0) is 67.1 Å². The van der Waals surface area contributed by atoms with E-state index in [4.69, 9.17) is 9.72 Å². The molecule has 0 bridgehead atoms. The Labute approximate surface area is 232 Å². The van der Waals surface area contributed by atoms with Gasteiger partial charge in [0, 0.05) is 29.7 Å². The van der Waals surface area contributed by atoms with Crippen LogP contribution in [-0.4, -0.2) is 56.0 Å². The van der Waals surface area contributed by atoms with Crippen molar-refractivity contribution >= 4 is 58.5 Å². The van der Waals surface area contributed by atoms with Crippen LogP contribution in [0.15, 0.2) is 51.8 Å². The molecular weight excluding hydrogens is 574 g/mol. The Hall–Kier alpha value is -1.85. The third-order valence-electron chi connectivity index (χ3n) is 6.10. The van der Waals surface area contributed by atoms with Crippen LogP contribution in [0.2, 0.25) is 0 Å². The Balaban J connectivity index is 1.63. The fourth-order valence-electron chi connectivity index (χ4n) is 4.40. The van der Waals surface area contributed by atoms with Crippen LogP contribution in [0.1, 0.15) is 50.9 Å². The lowest BCUT2D eigenvalue weighted by atomic mass is 10.2. The largest absolute Gasteiger partial charge is 0.376 e. The Morgan fingerprint density at radius 2 is 1.78 bits per heavy atom. The average Bonchev–Trinajstić information content (AvgIpc) is 3.50. The van der Waals surface area contributed by atoms with Crippen LogP contribution >= 0.6 is 27.3 Å². The van der Waals surface area contributed by atoms with E-state index >= 15 is 0 Å². The minimum Gasteiger partial charge on any atom is -0.376 e. The van der Waals surface area contributed by atoms with Gasteiger partial charge in [0.25, 0.3) is 5.91 Å². The first-order valence-electron chi connectivity index (χ1n) is 12.6. The van der Waals surface area contributed by atoms with Gasteiger partial charge in [-0.2, -0.15) is 4.31 Å². The minimum atomic E-state index is -3.67. The van der Waals surface area contributed by atoms with Crippen molar-refractivity contribution in [2.45, 2.75) is 51.5 Å². The van der Waals surface area contributed by atoms with E-state index in [1.165, 1.54) is 23.5 Å². The number of fused-ring (bicyclic) bond motifs is 1. The summed E-state index contributed by atoms with van der Waals surface area (Å²) < 4.78 is 36.1. The molecule has 4 rings (SSSR count). The molecule has 2 aromatic carbocycles. The molecule has 0 N–H and O–H groups in total. The highest BCUT2D eigenvalue weighted by Crippen LogP contribution is 2.33. The third-order valence-corrected chi connectivity index (χ3v) is 9.48. The van der Waals surface area contributed by atoms with Crippen molar-refractivity contribution in [2.75, 3.05) is 31.1 Å². The van der Waals surface area contributed by atoms with Crippen LogP contribution in [0.25, 0.3) is 10.2 Å². The lowest BCUT2D eigenvalue weighted by Gasteiger charge is -2.26. The van der Waals surface area contributed by atoms with Gasteiger partial charge >= 0.3 is 0 Å². The zero-order valence-electron chi connectivity index (χ0n) is 21.7. The molecule has 1 amide bonds. The van der Waals surface area contributed by atoms with Crippen LogP contribution in [-0.2, 0) is 14.8 Å². The summed E-state index contributed by atoms with van der Waals surface area (Å²) in [4.78, 5) is 20.3. The Kier molecular flexibility index (Phi) is 9.06. The van der Waals surface area contributed by atoms with Crippen molar-refractivity contribution in [2.24, 2.45) is 11.8 Å². The van der Waals surface area contributed by atoms with E-state index in [1.54, 1.807) is 21.3 Å². The van der Waals surface area contributed by atoms with Crippen molar-refractivity contribution in [3.05, 3.63) is 52.5 Å². The number of carbonyl (C=O) groups excluding carboxylic acids is 1. The summed E-state index contributed by atoms with van der Waals surface area (Å²) in [6.07, 6.45) is 1.80. The summed E-state index contributed by atoms with van der Waals surface area (Å²) in [6.45, 7) is 10.0. The van der Waals surface area contributed by atoms with Crippen molar-refractivity contribution in [3.63, 3.8) is 0 Å². The molecular formula is C27H34BrN3O4S2. The van der Waals surface area contributed by atoms with Gasteiger partial charge in [-0.3, -0.25) is 9.69 Å². The van der Waals surface area contributed by atoms with Crippen molar-refractivity contribution < 1.29 is 17.9 Å². The summed E-state index contributed by atoms with van der Waals surface area (Å²) in [5, 5.41) is 0.602. The predicted molar refractivity (Wildman–Crippen MR) is 153 cm³/mol. The standard InChI is InChI=1S/C27H34BrN3O4S2/c1-18(2)15-30(16-19(3)4)37(33,34)23-10-7-20(8-11-23)26(32)31(17-22-6-5-13-35-22)27-29-24-12-9-21(28)14-25(24)36-27/h7-12,14,18-19,22H,5-6,13,15-17H2,1-4H3. The van der Waals surface area contributed by atoms with E-state index in [0.717, 1.165) is 27.5 Å². The molecule has 2 heterocycles. The van der Waals surface area contributed by atoms with E-state index in [9.17, 15) is 13.2 Å². The van der Waals surface area contributed by atoms with Gasteiger partial charge in [0.2, 0.25) is 10.0 Å². The van der Waals surface area contributed by atoms with Crippen molar-refractivity contribution in [3.8, 4) is 0 Å². The maximum Gasteiger partial charge on any atom is 0.260 e. The zero-order chi connectivity index (χ0) is 26.7. The number of sulfonamides is 1. The summed E-state index contributed by atoms with van der Waals surface area (Å²) in [5.41, 5.74) is 1.24. The maximum atomic E-state index is 13.7. The number of ether oxygens (including phenoxy) is 1.